The van der Waals surface area contributed by atoms with Crippen LogP contribution >= 0.6 is 22.2 Å². The van der Waals surface area contributed by atoms with E-state index in [1.54, 1.807) is 27.8 Å². The van der Waals surface area contributed by atoms with Gasteiger partial charge in [-0.3, -0.25) is 18.6 Å². The minimum absolute atomic E-state index is 0.167. The lowest BCUT2D eigenvalue weighted by molar-refractivity contribution is 0.0297. The van der Waals surface area contributed by atoms with Crippen LogP contribution in [0, 0.1) is 0 Å². The summed E-state index contributed by atoms with van der Waals surface area (Å²) in [6.45, 7) is 2.39. The van der Waals surface area contributed by atoms with E-state index in [0.29, 0.717) is 62.5 Å². The van der Waals surface area contributed by atoms with E-state index in [1.165, 1.54) is 4.90 Å². The van der Waals surface area contributed by atoms with Crippen LogP contribution in [0.3, 0.4) is 0 Å². The monoisotopic (exact) mass is 496 g/mol. The molecule has 2 aromatic rings. The van der Waals surface area contributed by atoms with Crippen LogP contribution in [0.4, 0.5) is 4.79 Å². The van der Waals surface area contributed by atoms with Crippen molar-refractivity contribution < 1.29 is 28.5 Å². The van der Waals surface area contributed by atoms with Crippen molar-refractivity contribution in [2.45, 2.75) is 29.5 Å². The number of amides is 2. The minimum Gasteiger partial charge on any atom is -0.465 e. The van der Waals surface area contributed by atoms with Crippen LogP contribution in [0.5, 0.6) is 0 Å². The van der Waals surface area contributed by atoms with Crippen molar-refractivity contribution in [3.05, 3.63) is 34.5 Å². The van der Waals surface area contributed by atoms with Crippen LogP contribution in [0.1, 0.15) is 34.9 Å². The highest BCUT2D eigenvalue weighted by molar-refractivity contribution is 8.23. The molecule has 2 amide bonds. The van der Waals surface area contributed by atoms with Crippen LogP contribution in [-0.4, -0.2) is 85.2 Å². The van der Waals surface area contributed by atoms with Crippen LogP contribution in [0.25, 0.3) is 11.3 Å². The number of aromatic nitrogens is 2. The molecule has 0 bridgehead atoms. The molecule has 12 heteroatoms. The van der Waals surface area contributed by atoms with Crippen LogP contribution in [0.2, 0.25) is 5.02 Å². The van der Waals surface area contributed by atoms with Gasteiger partial charge in [-0.15, -0.1) is 0 Å². The zero-order chi connectivity index (χ0) is 23.3. The lowest BCUT2D eigenvalue weighted by Crippen LogP contribution is -2.41. The maximum absolute atomic E-state index is 13.4. The number of carboxylic acid groups (broad SMARTS) is 1. The molecule has 2 fully saturated rings. The summed E-state index contributed by atoms with van der Waals surface area (Å²) in [5.74, 6) is -0.459. The molecule has 3 N–H and O–H groups in total. The predicted molar refractivity (Wildman–Crippen MR) is 122 cm³/mol. The van der Waals surface area contributed by atoms with E-state index >= 15 is 0 Å². The highest BCUT2D eigenvalue weighted by atomic mass is 35.5. The summed E-state index contributed by atoms with van der Waals surface area (Å²) in [4.78, 5) is 28.3. The number of carbonyl (C=O) groups excluding carboxylic acids is 1. The number of hydrogen-bond donors (Lipinski definition) is 3. The summed E-state index contributed by atoms with van der Waals surface area (Å²) < 4.78 is 29.0. The molecule has 3 aliphatic rings. The van der Waals surface area contributed by atoms with Gasteiger partial charge in [0.2, 0.25) is 0 Å². The van der Waals surface area contributed by atoms with Crippen molar-refractivity contribution in [3.63, 3.8) is 0 Å². The van der Waals surface area contributed by atoms with Gasteiger partial charge in [-0.2, -0.15) is 15.7 Å². The highest BCUT2D eigenvalue weighted by Gasteiger charge is 2.40. The Bertz CT molecular complexity index is 1120. The fourth-order valence-electron chi connectivity index (χ4n) is 4.87. The second kappa shape index (κ2) is 8.48. The van der Waals surface area contributed by atoms with Crippen molar-refractivity contribution >= 4 is 34.2 Å². The number of rotatable bonds is 2. The third-order valence-electron chi connectivity index (χ3n) is 6.42. The Morgan fingerprint density at radius 2 is 1.91 bits per heavy atom. The van der Waals surface area contributed by atoms with Gasteiger partial charge in [-0.05, 0) is 18.9 Å². The van der Waals surface area contributed by atoms with E-state index in [4.69, 9.17) is 21.4 Å². The highest BCUT2D eigenvalue weighted by Crippen LogP contribution is 2.62. The van der Waals surface area contributed by atoms with Gasteiger partial charge >= 0.3 is 6.09 Å². The van der Waals surface area contributed by atoms with Gasteiger partial charge in [-0.25, -0.2) is 4.79 Å². The second-order valence-corrected chi connectivity index (χ2v) is 10.9. The molecule has 0 radical (unpaired) electrons. The Kier molecular flexibility index (Phi) is 5.78. The summed E-state index contributed by atoms with van der Waals surface area (Å²) in [6, 6.07) is 4.78. The Morgan fingerprint density at radius 3 is 2.64 bits per heavy atom. The van der Waals surface area contributed by atoms with Crippen molar-refractivity contribution in [2.75, 3.05) is 39.4 Å². The summed E-state index contributed by atoms with van der Waals surface area (Å²) in [7, 11) is -3.30. The van der Waals surface area contributed by atoms with E-state index in [0.717, 1.165) is 0 Å². The smallest absolute Gasteiger partial charge is 0.407 e. The first-order valence-corrected chi connectivity index (χ1v) is 12.9. The number of ether oxygens (including phenoxy) is 1. The lowest BCUT2D eigenvalue weighted by atomic mass is 10.0. The maximum atomic E-state index is 13.4. The number of morpholine rings is 1. The molecule has 3 aliphatic heterocycles. The summed E-state index contributed by atoms with van der Waals surface area (Å²) in [5.41, 5.74) is 1.76. The Morgan fingerprint density at radius 1 is 1.15 bits per heavy atom. The summed E-state index contributed by atoms with van der Waals surface area (Å²) >= 11 is 6.38. The number of hydrogen-bond acceptors (Lipinski definition) is 6. The Labute approximate surface area is 197 Å². The number of carbonyl (C=O) groups is 2. The van der Waals surface area contributed by atoms with Gasteiger partial charge in [-0.1, -0.05) is 23.7 Å². The number of benzene rings is 1. The average Bonchev–Trinajstić information content (AvgIpc) is 3.17. The Balaban J connectivity index is 1.67. The molecule has 178 valence electrons. The third kappa shape index (κ3) is 3.87. The van der Waals surface area contributed by atoms with E-state index in [2.05, 4.69) is 0 Å². The molecule has 5 rings (SSSR count). The normalized spacial score (nSPS) is 22.9. The maximum Gasteiger partial charge on any atom is 0.407 e. The van der Waals surface area contributed by atoms with Gasteiger partial charge in [0, 0.05) is 37.3 Å². The first kappa shape index (κ1) is 22.5. The van der Waals surface area contributed by atoms with Crippen molar-refractivity contribution in [2.24, 2.45) is 0 Å². The lowest BCUT2D eigenvalue weighted by Gasteiger charge is -2.39. The predicted octanol–water partition coefficient (Wildman–Crippen LogP) is 3.61. The molecule has 1 atom stereocenters. The molecule has 2 saturated heterocycles. The molecule has 1 unspecified atom stereocenters. The number of piperidine rings is 1. The molecular weight excluding hydrogens is 472 g/mol. The van der Waals surface area contributed by atoms with Crippen LogP contribution in [-0.2, 0) is 10.5 Å². The molecule has 10 nitrogen and oxygen atoms in total. The molecule has 33 heavy (non-hydrogen) atoms. The fourth-order valence-corrected chi connectivity index (χ4v) is 7.14. The topological polar surface area (TPSA) is 128 Å². The molecule has 0 saturated carbocycles. The Hall–Kier alpha value is -2.31. The SMILES string of the molecule is O=C(O)N1CCCC(n2nc(C(=O)N3CCOCC3)c3c2-c2cccc(Cl)c2S(O)(O)C3)C1. The quantitative estimate of drug-likeness (QED) is 0.579. The summed E-state index contributed by atoms with van der Waals surface area (Å²) in [5, 5.41) is 14.4. The summed E-state index contributed by atoms with van der Waals surface area (Å²) in [6.07, 6.45) is 0.355. The first-order valence-electron chi connectivity index (χ1n) is 10.8. The van der Waals surface area contributed by atoms with E-state index in [9.17, 15) is 23.8 Å². The zero-order valence-corrected chi connectivity index (χ0v) is 19.4. The molecule has 4 heterocycles. The van der Waals surface area contributed by atoms with Gasteiger partial charge in [0.1, 0.15) is 0 Å². The van der Waals surface area contributed by atoms with Gasteiger partial charge in [0.15, 0.2) is 5.69 Å². The van der Waals surface area contributed by atoms with E-state index in [1.807, 2.05) is 0 Å². The molecule has 1 aromatic heterocycles. The number of likely N-dealkylation sites (tertiary alicyclic amines) is 1. The first-order chi connectivity index (χ1) is 15.8. The van der Waals surface area contributed by atoms with E-state index < -0.39 is 16.7 Å². The minimum atomic E-state index is -3.30. The average molecular weight is 497 g/mol. The zero-order valence-electron chi connectivity index (χ0n) is 17.8. The largest absolute Gasteiger partial charge is 0.465 e. The second-order valence-electron chi connectivity index (χ2n) is 8.48. The molecule has 1 aromatic carbocycles. The van der Waals surface area contributed by atoms with Crippen molar-refractivity contribution in [3.8, 4) is 11.3 Å². The third-order valence-corrected chi connectivity index (χ3v) is 8.63. The standard InChI is InChI=1S/C21H25ClN4O6S/c22-16-5-1-4-14-18-15(12-33(30,31)19(14)16)17(20(27)24-7-9-32-10-8-24)23-26(18)13-3-2-6-25(11-13)21(28)29/h1,4-5,13,30-31H,2-3,6-12H2,(H,28,29). The van der Waals surface area contributed by atoms with Gasteiger partial charge in [0.05, 0.1) is 40.6 Å². The number of nitrogens with zero attached hydrogens (tertiary/aromatic N) is 4. The fraction of sp³-hybridized carbons (Fsp3) is 0.476. The van der Waals surface area contributed by atoms with Crippen molar-refractivity contribution in [1.29, 1.82) is 0 Å². The molecular formula is C21H25ClN4O6S. The number of fused-ring (bicyclic) bond motifs is 3. The van der Waals surface area contributed by atoms with Crippen molar-refractivity contribution in [1.82, 2.24) is 19.6 Å². The van der Waals surface area contributed by atoms with Crippen LogP contribution in [0.15, 0.2) is 23.1 Å². The van der Waals surface area contributed by atoms with E-state index in [-0.39, 0.29) is 39.9 Å². The van der Waals surface area contributed by atoms with Gasteiger partial charge < -0.3 is 19.6 Å². The molecule has 0 aliphatic carbocycles. The number of halogens is 1. The molecule has 0 spiro atoms. The van der Waals surface area contributed by atoms with Crippen LogP contribution < -0.4 is 0 Å². The van der Waals surface area contributed by atoms with Gasteiger partial charge in [0.25, 0.3) is 5.91 Å².